The Morgan fingerprint density at radius 2 is 1.85 bits per heavy atom. The number of amides is 1. The third-order valence-electron chi connectivity index (χ3n) is 2.89. The third-order valence-corrected chi connectivity index (χ3v) is 2.89. The molecular weight excluding hydrogens is 256 g/mol. The first kappa shape index (κ1) is 14.0. The minimum absolute atomic E-state index is 0.213. The molecule has 0 saturated carbocycles. The molecular formula is C13H18N6O. The van der Waals surface area contributed by atoms with Crippen LogP contribution in [0.25, 0.3) is 11.3 Å². The standard InChI is InChI=1S/C13H18N6O/c1-15-19(16-2)13(20)11-8-18(3)17-12(11)9-4-6-10(14)7-5-9/h4-8,15-16H,14H2,1-3H3. The SMILES string of the molecule is CNN(NC)C(=O)c1cn(C)nc1-c1ccc(N)cc1. The van der Waals surface area contributed by atoms with Crippen LogP contribution in [-0.4, -0.2) is 34.9 Å². The van der Waals surface area contributed by atoms with Gasteiger partial charge in [-0.3, -0.25) is 9.48 Å². The molecule has 1 heterocycles. The average molecular weight is 274 g/mol. The molecule has 4 N–H and O–H groups in total. The Morgan fingerprint density at radius 3 is 2.40 bits per heavy atom. The molecule has 0 aliphatic heterocycles. The molecule has 0 atom stereocenters. The highest BCUT2D eigenvalue weighted by Crippen LogP contribution is 2.23. The van der Waals surface area contributed by atoms with Gasteiger partial charge in [-0.25, -0.2) is 16.0 Å². The van der Waals surface area contributed by atoms with Crippen LogP contribution in [-0.2, 0) is 7.05 Å². The van der Waals surface area contributed by atoms with Crippen LogP contribution in [0.3, 0.4) is 0 Å². The molecule has 0 aliphatic rings. The van der Waals surface area contributed by atoms with E-state index >= 15 is 0 Å². The molecule has 0 radical (unpaired) electrons. The Bertz CT molecular complexity index is 600. The van der Waals surface area contributed by atoms with Gasteiger partial charge in [0.15, 0.2) is 0 Å². The van der Waals surface area contributed by atoms with E-state index in [2.05, 4.69) is 16.0 Å². The lowest BCUT2D eigenvalue weighted by Crippen LogP contribution is -2.48. The molecule has 0 fully saturated rings. The molecule has 7 heteroatoms. The largest absolute Gasteiger partial charge is 0.399 e. The van der Waals surface area contributed by atoms with E-state index in [0.29, 0.717) is 16.9 Å². The van der Waals surface area contributed by atoms with Crippen molar-refractivity contribution in [3.8, 4) is 11.3 Å². The first-order valence-electron chi connectivity index (χ1n) is 6.15. The van der Waals surface area contributed by atoms with Crippen LogP contribution < -0.4 is 16.6 Å². The van der Waals surface area contributed by atoms with E-state index < -0.39 is 0 Å². The number of benzene rings is 1. The highest BCUT2D eigenvalue weighted by atomic mass is 16.2. The molecule has 0 bridgehead atoms. The third kappa shape index (κ3) is 2.63. The molecule has 0 unspecified atom stereocenters. The van der Waals surface area contributed by atoms with Crippen molar-refractivity contribution in [3.05, 3.63) is 36.0 Å². The molecule has 2 rings (SSSR count). The number of aromatic nitrogens is 2. The summed E-state index contributed by atoms with van der Waals surface area (Å²) in [6.07, 6.45) is 1.69. The summed E-state index contributed by atoms with van der Waals surface area (Å²) >= 11 is 0. The minimum Gasteiger partial charge on any atom is -0.399 e. The van der Waals surface area contributed by atoms with Crippen LogP contribution in [0.1, 0.15) is 10.4 Å². The second-order valence-electron chi connectivity index (χ2n) is 4.27. The Labute approximate surface area is 117 Å². The maximum Gasteiger partial charge on any atom is 0.286 e. The van der Waals surface area contributed by atoms with Gasteiger partial charge in [0.05, 0.1) is 5.56 Å². The number of carbonyl (C=O) groups is 1. The van der Waals surface area contributed by atoms with Crippen LogP contribution in [0.15, 0.2) is 30.5 Å². The van der Waals surface area contributed by atoms with Crippen molar-refractivity contribution in [1.29, 1.82) is 0 Å². The highest BCUT2D eigenvalue weighted by molar-refractivity contribution is 5.99. The molecule has 0 spiro atoms. The fourth-order valence-corrected chi connectivity index (χ4v) is 1.93. The van der Waals surface area contributed by atoms with Gasteiger partial charge in [-0.05, 0) is 12.1 Å². The topological polar surface area (TPSA) is 88.2 Å². The Morgan fingerprint density at radius 1 is 1.25 bits per heavy atom. The summed E-state index contributed by atoms with van der Waals surface area (Å²) in [7, 11) is 5.10. The maximum atomic E-state index is 12.4. The van der Waals surface area contributed by atoms with Crippen molar-refractivity contribution in [2.45, 2.75) is 0 Å². The van der Waals surface area contributed by atoms with Gasteiger partial charge >= 0.3 is 0 Å². The number of hydrogen-bond donors (Lipinski definition) is 3. The van der Waals surface area contributed by atoms with Crippen LogP contribution in [0.2, 0.25) is 0 Å². The first-order valence-corrected chi connectivity index (χ1v) is 6.15. The number of hydrazine groups is 2. The van der Waals surface area contributed by atoms with Gasteiger partial charge < -0.3 is 5.73 Å². The number of nitrogens with one attached hydrogen (secondary N) is 2. The van der Waals surface area contributed by atoms with E-state index in [-0.39, 0.29) is 5.91 Å². The number of rotatable bonds is 4. The molecule has 0 saturated heterocycles. The molecule has 20 heavy (non-hydrogen) atoms. The van der Waals surface area contributed by atoms with Crippen LogP contribution in [0, 0.1) is 0 Å². The number of nitrogens with two attached hydrogens (primary N) is 1. The van der Waals surface area contributed by atoms with Gasteiger partial charge in [0.25, 0.3) is 5.91 Å². The van der Waals surface area contributed by atoms with E-state index in [1.807, 2.05) is 12.1 Å². The van der Waals surface area contributed by atoms with Gasteiger partial charge in [0, 0.05) is 38.6 Å². The van der Waals surface area contributed by atoms with Crippen molar-refractivity contribution in [2.24, 2.45) is 7.05 Å². The molecule has 106 valence electrons. The summed E-state index contributed by atoms with van der Waals surface area (Å²) in [5, 5.41) is 5.64. The maximum absolute atomic E-state index is 12.4. The molecule has 2 aromatic rings. The van der Waals surface area contributed by atoms with Gasteiger partial charge in [-0.2, -0.15) is 5.10 Å². The van der Waals surface area contributed by atoms with Gasteiger partial charge in [0.2, 0.25) is 0 Å². The Kier molecular flexibility index (Phi) is 4.02. The van der Waals surface area contributed by atoms with Gasteiger partial charge in [0.1, 0.15) is 5.69 Å². The second kappa shape index (κ2) is 5.72. The lowest BCUT2D eigenvalue weighted by atomic mass is 10.1. The summed E-state index contributed by atoms with van der Waals surface area (Å²) < 4.78 is 1.61. The number of hydrogen-bond acceptors (Lipinski definition) is 5. The second-order valence-corrected chi connectivity index (χ2v) is 4.27. The summed E-state index contributed by atoms with van der Waals surface area (Å²) in [4.78, 5) is 12.4. The van der Waals surface area contributed by atoms with Gasteiger partial charge in [-0.15, -0.1) is 0 Å². The smallest absolute Gasteiger partial charge is 0.286 e. The molecule has 1 aromatic carbocycles. The van der Waals surface area contributed by atoms with E-state index in [9.17, 15) is 4.79 Å². The minimum atomic E-state index is -0.213. The first-order chi connectivity index (χ1) is 9.56. The Balaban J connectivity index is 2.45. The van der Waals surface area contributed by atoms with Crippen LogP contribution in [0.4, 0.5) is 5.69 Å². The molecule has 0 aliphatic carbocycles. The van der Waals surface area contributed by atoms with E-state index in [1.165, 1.54) is 5.12 Å². The number of anilines is 1. The zero-order chi connectivity index (χ0) is 14.7. The summed E-state index contributed by atoms with van der Waals surface area (Å²) in [5.74, 6) is -0.213. The van der Waals surface area contributed by atoms with Crippen molar-refractivity contribution < 1.29 is 4.79 Å². The number of aryl methyl sites for hydroxylation is 1. The van der Waals surface area contributed by atoms with E-state index in [4.69, 9.17) is 5.73 Å². The number of nitrogen functional groups attached to an aromatic ring is 1. The fraction of sp³-hybridized carbons (Fsp3) is 0.231. The lowest BCUT2D eigenvalue weighted by Gasteiger charge is -2.19. The van der Waals surface area contributed by atoms with E-state index in [0.717, 1.165) is 5.56 Å². The van der Waals surface area contributed by atoms with E-state index in [1.54, 1.807) is 44.2 Å². The molecule has 1 amide bonds. The van der Waals surface area contributed by atoms with Crippen LogP contribution in [0.5, 0.6) is 0 Å². The lowest BCUT2D eigenvalue weighted by molar-refractivity contribution is 0.0578. The Hall–Kier alpha value is -2.38. The van der Waals surface area contributed by atoms with Crippen molar-refractivity contribution in [2.75, 3.05) is 19.8 Å². The van der Waals surface area contributed by atoms with Gasteiger partial charge in [-0.1, -0.05) is 12.1 Å². The monoisotopic (exact) mass is 274 g/mol. The molecule has 7 nitrogen and oxygen atoms in total. The summed E-state index contributed by atoms with van der Waals surface area (Å²) in [5.41, 5.74) is 13.8. The zero-order valence-electron chi connectivity index (χ0n) is 11.7. The number of carbonyl (C=O) groups excluding carboxylic acids is 1. The summed E-state index contributed by atoms with van der Waals surface area (Å²) in [6, 6.07) is 7.26. The average Bonchev–Trinajstić information content (AvgIpc) is 2.83. The van der Waals surface area contributed by atoms with Crippen LogP contribution >= 0.6 is 0 Å². The quantitative estimate of drug-likeness (QED) is 0.554. The highest BCUT2D eigenvalue weighted by Gasteiger charge is 2.21. The van der Waals surface area contributed by atoms with Crippen molar-refractivity contribution >= 4 is 11.6 Å². The fourth-order valence-electron chi connectivity index (χ4n) is 1.93. The zero-order valence-corrected chi connectivity index (χ0v) is 11.7. The van der Waals surface area contributed by atoms with Crippen molar-refractivity contribution in [1.82, 2.24) is 25.7 Å². The van der Waals surface area contributed by atoms with Crippen molar-refractivity contribution in [3.63, 3.8) is 0 Å². The predicted octanol–water partition coefficient (Wildman–Crippen LogP) is 0.380. The normalized spacial score (nSPS) is 10.6. The number of nitrogens with zero attached hydrogens (tertiary/aromatic N) is 3. The molecule has 1 aromatic heterocycles. The summed E-state index contributed by atoms with van der Waals surface area (Å²) in [6.45, 7) is 0. The predicted molar refractivity (Wildman–Crippen MR) is 77.3 cm³/mol.